The molecule has 1 heterocycles. The van der Waals surface area contributed by atoms with Crippen molar-refractivity contribution < 1.29 is 14.6 Å². The van der Waals surface area contributed by atoms with Crippen LogP contribution in [0.1, 0.15) is 52.9 Å². The van der Waals surface area contributed by atoms with Crippen LogP contribution in [0.2, 0.25) is 0 Å². The van der Waals surface area contributed by atoms with E-state index in [-0.39, 0.29) is 22.4 Å². The number of hydrogen-bond donors (Lipinski definition) is 1. The Kier molecular flexibility index (Phi) is 2.14. The van der Waals surface area contributed by atoms with E-state index < -0.39 is 0 Å². The summed E-state index contributed by atoms with van der Waals surface area (Å²) in [7, 11) is 0. The highest BCUT2D eigenvalue weighted by Gasteiger charge is 2.76. The molecule has 1 N–H and O–H groups in total. The Morgan fingerprint density at radius 1 is 1.27 bits per heavy atom. The number of ether oxygens (including phenoxy) is 1. The van der Waals surface area contributed by atoms with Crippen LogP contribution in [0.5, 0.6) is 0 Å². The van der Waals surface area contributed by atoms with E-state index in [0.717, 1.165) is 18.4 Å². The quantitative estimate of drug-likeness (QED) is 0.694. The number of carbonyl (C=O) groups is 1. The van der Waals surface area contributed by atoms with E-state index in [2.05, 4.69) is 13.8 Å². The van der Waals surface area contributed by atoms with E-state index in [4.69, 9.17) is 4.74 Å². The predicted octanol–water partition coefficient (Wildman–Crippen LogP) is 3.70. The van der Waals surface area contributed by atoms with Gasteiger partial charge in [-0.1, -0.05) is 19.4 Å². The molecule has 0 unspecified atom stereocenters. The zero-order valence-electron chi connectivity index (χ0n) is 13.6. The van der Waals surface area contributed by atoms with Crippen molar-refractivity contribution in [3.05, 3.63) is 23.0 Å². The fourth-order valence-corrected chi connectivity index (χ4v) is 6.94. The number of allylic oxidation sites excluding steroid dienone is 3. The first-order valence-electron chi connectivity index (χ1n) is 8.64. The van der Waals surface area contributed by atoms with Gasteiger partial charge in [0.2, 0.25) is 5.78 Å². The van der Waals surface area contributed by atoms with Gasteiger partial charge in [0.25, 0.3) is 0 Å². The largest absolute Gasteiger partial charge is 0.504 e. The van der Waals surface area contributed by atoms with Crippen LogP contribution in [0.4, 0.5) is 0 Å². The first-order valence-corrected chi connectivity index (χ1v) is 8.64. The topological polar surface area (TPSA) is 49.8 Å². The van der Waals surface area contributed by atoms with Crippen molar-refractivity contribution in [1.82, 2.24) is 0 Å². The van der Waals surface area contributed by atoms with Crippen LogP contribution >= 0.6 is 0 Å². The predicted molar refractivity (Wildman–Crippen MR) is 82.3 cm³/mol. The van der Waals surface area contributed by atoms with Gasteiger partial charge in [0.1, 0.15) is 0 Å². The normalized spacial score (nSPS) is 55.3. The lowest BCUT2D eigenvalue weighted by Crippen LogP contribution is -2.52. The maximum absolute atomic E-state index is 12.2. The minimum atomic E-state index is -0.170. The molecular formula is C19H24O3. The van der Waals surface area contributed by atoms with Crippen molar-refractivity contribution in [3.63, 3.8) is 0 Å². The highest BCUT2D eigenvalue weighted by Crippen LogP contribution is 2.76. The van der Waals surface area contributed by atoms with Crippen molar-refractivity contribution >= 4 is 5.78 Å². The Morgan fingerprint density at radius 2 is 2.05 bits per heavy atom. The number of aliphatic hydroxyl groups is 1. The van der Waals surface area contributed by atoms with Gasteiger partial charge in [-0.15, -0.1) is 0 Å². The average Bonchev–Trinajstić information content (AvgIpc) is 3.23. The summed E-state index contributed by atoms with van der Waals surface area (Å²) < 4.78 is 6.12. The van der Waals surface area contributed by atoms with E-state index in [1.54, 1.807) is 0 Å². The lowest BCUT2D eigenvalue weighted by molar-refractivity contribution is -0.116. The van der Waals surface area contributed by atoms with Gasteiger partial charge in [0.15, 0.2) is 5.76 Å². The van der Waals surface area contributed by atoms with Crippen molar-refractivity contribution in [2.45, 2.75) is 65.1 Å². The molecular weight excluding hydrogens is 276 g/mol. The Labute approximate surface area is 131 Å². The van der Waals surface area contributed by atoms with Gasteiger partial charge in [-0.3, -0.25) is 4.79 Å². The summed E-state index contributed by atoms with van der Waals surface area (Å²) in [5, 5.41) is 10.2. The minimum Gasteiger partial charge on any atom is -0.504 e. The third-order valence-corrected chi connectivity index (χ3v) is 7.85. The van der Waals surface area contributed by atoms with Gasteiger partial charge in [-0.25, -0.2) is 0 Å². The molecule has 0 aromatic rings. The number of Topliss-reactive ketones (excluding diaryl/α,β-unsaturated/α-hetero) is 1. The van der Waals surface area contributed by atoms with Gasteiger partial charge >= 0.3 is 0 Å². The third kappa shape index (κ3) is 1.24. The van der Waals surface area contributed by atoms with Gasteiger partial charge in [-0.05, 0) is 56.4 Å². The number of hydrogen-bond acceptors (Lipinski definition) is 3. The lowest BCUT2D eigenvalue weighted by Gasteiger charge is -2.58. The summed E-state index contributed by atoms with van der Waals surface area (Å²) in [4.78, 5) is 12.2. The average molecular weight is 300 g/mol. The van der Waals surface area contributed by atoms with Gasteiger partial charge in [0.05, 0.1) is 12.2 Å². The fraction of sp³-hybridized carbons (Fsp3) is 0.737. The van der Waals surface area contributed by atoms with Crippen molar-refractivity contribution in [2.75, 3.05) is 0 Å². The Balaban J connectivity index is 1.67. The van der Waals surface area contributed by atoms with E-state index in [0.29, 0.717) is 23.5 Å². The molecule has 1 aliphatic heterocycles. The van der Waals surface area contributed by atoms with E-state index in [1.807, 2.05) is 13.0 Å². The van der Waals surface area contributed by atoms with Crippen molar-refractivity contribution in [3.8, 4) is 0 Å². The van der Waals surface area contributed by atoms with Crippen LogP contribution in [-0.2, 0) is 9.53 Å². The van der Waals surface area contributed by atoms with Crippen molar-refractivity contribution in [1.29, 1.82) is 0 Å². The first-order chi connectivity index (χ1) is 10.3. The summed E-state index contributed by atoms with van der Waals surface area (Å²) in [5.41, 5.74) is 2.54. The number of aliphatic hydroxyl groups excluding tert-OH is 1. The maximum Gasteiger partial charge on any atom is 0.222 e. The fourth-order valence-electron chi connectivity index (χ4n) is 6.94. The van der Waals surface area contributed by atoms with E-state index >= 15 is 0 Å². The molecule has 5 rings (SSSR count). The SMILES string of the molecule is CC1=C2CC[C@@]34C[C@@](C)(CC[C@H]3[C@]2(C)C=C(O)C1=O)[C@H]1O[C@H]14. The van der Waals surface area contributed by atoms with Crippen molar-refractivity contribution in [2.24, 2.45) is 22.2 Å². The molecule has 22 heavy (non-hydrogen) atoms. The molecule has 1 spiro atoms. The van der Waals surface area contributed by atoms with E-state index in [9.17, 15) is 9.90 Å². The molecule has 4 aliphatic carbocycles. The molecule has 6 atom stereocenters. The Hall–Kier alpha value is -1.09. The van der Waals surface area contributed by atoms with Crippen LogP contribution in [0.25, 0.3) is 0 Å². The summed E-state index contributed by atoms with van der Waals surface area (Å²) in [6, 6.07) is 0. The monoisotopic (exact) mass is 300 g/mol. The highest BCUT2D eigenvalue weighted by molar-refractivity contribution is 6.08. The second-order valence-electron chi connectivity index (χ2n) is 8.88. The third-order valence-electron chi connectivity index (χ3n) is 7.85. The van der Waals surface area contributed by atoms with Crippen LogP contribution in [-0.4, -0.2) is 23.1 Å². The number of carbonyl (C=O) groups excluding carboxylic acids is 1. The van der Waals surface area contributed by atoms with Crippen LogP contribution in [0, 0.1) is 22.2 Å². The van der Waals surface area contributed by atoms with Gasteiger partial charge < -0.3 is 9.84 Å². The summed E-state index contributed by atoms with van der Waals surface area (Å²) in [6.45, 7) is 6.55. The van der Waals surface area contributed by atoms with E-state index in [1.165, 1.54) is 24.8 Å². The number of ketones is 1. The summed E-state index contributed by atoms with van der Waals surface area (Å²) >= 11 is 0. The molecule has 0 radical (unpaired) electrons. The molecule has 3 heteroatoms. The zero-order valence-corrected chi connectivity index (χ0v) is 13.6. The van der Waals surface area contributed by atoms with Crippen LogP contribution < -0.4 is 0 Å². The second kappa shape index (κ2) is 3.53. The highest BCUT2D eigenvalue weighted by atomic mass is 16.6. The molecule has 1 saturated heterocycles. The molecule has 118 valence electrons. The lowest BCUT2D eigenvalue weighted by atomic mass is 9.46. The number of rotatable bonds is 0. The number of epoxide rings is 1. The standard InChI is InChI=1S/C19H24O3/c1-10-11-4-7-19-9-17(2,15-16(19)22-15)6-5-13(19)18(11,3)8-12(20)14(10)21/h8,13,15-16,20H,4-7,9H2,1-3H3/t13-,15-,16+,17+,18+,19+/m0/s1. The zero-order chi connectivity index (χ0) is 15.5. The van der Waals surface area contributed by atoms with Gasteiger partial charge in [0, 0.05) is 16.4 Å². The molecule has 5 aliphatic rings. The molecule has 4 fully saturated rings. The Morgan fingerprint density at radius 3 is 2.82 bits per heavy atom. The molecule has 3 nitrogen and oxygen atoms in total. The molecule has 0 aromatic carbocycles. The Bertz CT molecular complexity index is 674. The molecule has 3 saturated carbocycles. The van der Waals surface area contributed by atoms with Crippen LogP contribution in [0.15, 0.2) is 23.0 Å². The van der Waals surface area contributed by atoms with Gasteiger partial charge in [-0.2, -0.15) is 0 Å². The minimum absolute atomic E-state index is 0.0413. The maximum atomic E-state index is 12.2. The molecule has 0 amide bonds. The molecule has 0 aromatic heterocycles. The van der Waals surface area contributed by atoms with Crippen LogP contribution in [0.3, 0.4) is 0 Å². The first kappa shape index (κ1) is 13.4. The number of fused-ring (bicyclic) bond motifs is 5. The molecule has 2 bridgehead atoms. The second-order valence-corrected chi connectivity index (χ2v) is 8.88. The summed E-state index contributed by atoms with van der Waals surface area (Å²) in [6.07, 6.45) is 8.58. The smallest absolute Gasteiger partial charge is 0.222 e. The summed E-state index contributed by atoms with van der Waals surface area (Å²) in [5.74, 6) is 0.288.